The Hall–Kier alpha value is -1.24. The molecule has 0 saturated heterocycles. The fraction of sp³-hybridized carbons (Fsp3) is 0.429. The number of fused-ring (bicyclic) bond motifs is 2. The lowest BCUT2D eigenvalue weighted by atomic mass is 9.74. The van der Waals surface area contributed by atoms with E-state index in [4.69, 9.17) is 0 Å². The molecule has 1 aliphatic carbocycles. The normalized spacial score (nSPS) is 32.7. The number of rotatable bonds is 1. The van der Waals surface area contributed by atoms with E-state index in [-0.39, 0.29) is 0 Å². The van der Waals surface area contributed by atoms with E-state index in [0.29, 0.717) is 11.3 Å². The second kappa shape index (κ2) is 3.13. The van der Waals surface area contributed by atoms with Crippen molar-refractivity contribution in [2.75, 3.05) is 11.9 Å². The van der Waals surface area contributed by atoms with Gasteiger partial charge in [-0.3, -0.25) is 0 Å². The highest BCUT2D eigenvalue weighted by molar-refractivity contribution is 5.61. The van der Waals surface area contributed by atoms with Crippen LogP contribution in [-0.4, -0.2) is 6.54 Å². The molecule has 1 aromatic carbocycles. The molecule has 1 unspecified atom stereocenters. The van der Waals surface area contributed by atoms with Gasteiger partial charge in [0.15, 0.2) is 0 Å². The van der Waals surface area contributed by atoms with Gasteiger partial charge in [0.25, 0.3) is 0 Å². The molecule has 1 saturated carbocycles. The maximum Gasteiger partial charge on any atom is 0.0379 e. The van der Waals surface area contributed by atoms with Crippen molar-refractivity contribution >= 4 is 5.69 Å². The van der Waals surface area contributed by atoms with Crippen LogP contribution < -0.4 is 5.32 Å². The number of allylic oxidation sites excluding steroid dienone is 1. The molecule has 1 heteroatoms. The maximum absolute atomic E-state index is 4.01. The average molecular weight is 199 g/mol. The SMILES string of the molecule is C=CC1CCC[C@]12CNc1ccccc12. The Morgan fingerprint density at radius 1 is 1.40 bits per heavy atom. The van der Waals surface area contributed by atoms with Crippen LogP contribution in [0.5, 0.6) is 0 Å². The highest BCUT2D eigenvalue weighted by Gasteiger charge is 2.46. The lowest BCUT2D eigenvalue weighted by molar-refractivity contribution is 0.406. The topological polar surface area (TPSA) is 12.0 Å². The molecule has 2 atom stereocenters. The molecular formula is C14H17N. The van der Waals surface area contributed by atoms with Crippen molar-refractivity contribution in [3.8, 4) is 0 Å². The van der Waals surface area contributed by atoms with E-state index in [0.717, 1.165) is 6.54 Å². The third-order valence-electron chi connectivity index (χ3n) is 4.19. The van der Waals surface area contributed by atoms with Crippen LogP contribution in [0.2, 0.25) is 0 Å². The van der Waals surface area contributed by atoms with Gasteiger partial charge in [-0.05, 0) is 30.4 Å². The molecule has 1 heterocycles. The zero-order valence-corrected chi connectivity index (χ0v) is 9.00. The Labute approximate surface area is 91.2 Å². The van der Waals surface area contributed by atoms with Gasteiger partial charge in [-0.2, -0.15) is 0 Å². The molecule has 3 rings (SSSR count). The second-order valence-corrected chi connectivity index (χ2v) is 4.79. The summed E-state index contributed by atoms with van der Waals surface area (Å²) in [6.07, 6.45) is 6.12. The molecule has 1 N–H and O–H groups in total. The van der Waals surface area contributed by atoms with Gasteiger partial charge in [-0.1, -0.05) is 30.7 Å². The molecule has 1 spiro atoms. The van der Waals surface area contributed by atoms with Gasteiger partial charge in [0.2, 0.25) is 0 Å². The highest BCUT2D eigenvalue weighted by atomic mass is 14.9. The van der Waals surface area contributed by atoms with Crippen LogP contribution in [-0.2, 0) is 5.41 Å². The number of nitrogens with one attached hydrogen (secondary N) is 1. The van der Waals surface area contributed by atoms with Crippen molar-refractivity contribution in [2.45, 2.75) is 24.7 Å². The maximum atomic E-state index is 4.01. The minimum Gasteiger partial charge on any atom is -0.384 e. The predicted octanol–water partition coefficient (Wildman–Crippen LogP) is 3.34. The van der Waals surface area contributed by atoms with Crippen LogP contribution in [0.3, 0.4) is 0 Å². The first-order valence-electron chi connectivity index (χ1n) is 5.83. The summed E-state index contributed by atoms with van der Waals surface area (Å²) < 4.78 is 0. The van der Waals surface area contributed by atoms with E-state index < -0.39 is 0 Å². The smallest absolute Gasteiger partial charge is 0.0379 e. The van der Waals surface area contributed by atoms with Crippen molar-refractivity contribution in [1.82, 2.24) is 0 Å². The third-order valence-corrected chi connectivity index (χ3v) is 4.19. The zero-order valence-electron chi connectivity index (χ0n) is 9.00. The summed E-state index contributed by atoms with van der Waals surface area (Å²) in [5.41, 5.74) is 3.22. The summed E-state index contributed by atoms with van der Waals surface area (Å²) in [7, 11) is 0. The molecule has 1 aromatic rings. The quantitative estimate of drug-likeness (QED) is 0.684. The Balaban J connectivity index is 2.11. The van der Waals surface area contributed by atoms with Gasteiger partial charge in [0.1, 0.15) is 0 Å². The Bertz CT molecular complexity index is 396. The molecule has 78 valence electrons. The molecular weight excluding hydrogens is 182 g/mol. The van der Waals surface area contributed by atoms with Crippen LogP contribution in [0.25, 0.3) is 0 Å². The minimum atomic E-state index is 0.359. The van der Waals surface area contributed by atoms with Crippen LogP contribution in [0.15, 0.2) is 36.9 Å². The Kier molecular flexibility index (Phi) is 1.88. The van der Waals surface area contributed by atoms with Crippen LogP contribution in [0, 0.1) is 5.92 Å². The molecule has 2 aliphatic rings. The van der Waals surface area contributed by atoms with Gasteiger partial charge in [-0.15, -0.1) is 6.58 Å². The first-order chi connectivity index (χ1) is 7.37. The average Bonchev–Trinajstić information content (AvgIpc) is 2.86. The number of hydrogen-bond donors (Lipinski definition) is 1. The largest absolute Gasteiger partial charge is 0.384 e. The van der Waals surface area contributed by atoms with Crippen LogP contribution in [0.1, 0.15) is 24.8 Å². The van der Waals surface area contributed by atoms with E-state index in [1.165, 1.54) is 30.5 Å². The first kappa shape index (κ1) is 9.02. The standard InChI is InChI=1S/C14H17N/c1-2-11-6-5-9-14(11)10-15-13-8-4-3-7-12(13)14/h2-4,7-8,11,15H,1,5-6,9-10H2/t11?,14-/m0/s1. The monoisotopic (exact) mass is 199 g/mol. The third kappa shape index (κ3) is 1.09. The van der Waals surface area contributed by atoms with Crippen molar-refractivity contribution < 1.29 is 0 Å². The fourth-order valence-electron chi connectivity index (χ4n) is 3.42. The zero-order chi connectivity index (χ0) is 10.3. The van der Waals surface area contributed by atoms with Crippen LogP contribution in [0.4, 0.5) is 5.69 Å². The van der Waals surface area contributed by atoms with Gasteiger partial charge < -0.3 is 5.32 Å². The Morgan fingerprint density at radius 3 is 3.13 bits per heavy atom. The minimum absolute atomic E-state index is 0.359. The second-order valence-electron chi connectivity index (χ2n) is 4.79. The van der Waals surface area contributed by atoms with Crippen molar-refractivity contribution in [3.63, 3.8) is 0 Å². The van der Waals surface area contributed by atoms with Gasteiger partial charge in [0, 0.05) is 17.6 Å². The molecule has 0 amide bonds. The lowest BCUT2D eigenvalue weighted by Crippen LogP contribution is -2.31. The summed E-state index contributed by atoms with van der Waals surface area (Å²) in [5, 5.41) is 3.55. The van der Waals surface area contributed by atoms with Crippen molar-refractivity contribution in [3.05, 3.63) is 42.5 Å². The van der Waals surface area contributed by atoms with E-state index >= 15 is 0 Å². The molecule has 1 aliphatic heterocycles. The molecule has 0 radical (unpaired) electrons. The summed E-state index contributed by atoms with van der Waals surface area (Å²) in [4.78, 5) is 0. The van der Waals surface area contributed by atoms with E-state index in [9.17, 15) is 0 Å². The molecule has 1 nitrogen and oxygen atoms in total. The molecule has 15 heavy (non-hydrogen) atoms. The van der Waals surface area contributed by atoms with Crippen LogP contribution >= 0.6 is 0 Å². The Morgan fingerprint density at radius 2 is 2.27 bits per heavy atom. The lowest BCUT2D eigenvalue weighted by Gasteiger charge is -2.29. The number of hydrogen-bond acceptors (Lipinski definition) is 1. The van der Waals surface area contributed by atoms with E-state index in [2.05, 4.69) is 42.2 Å². The molecule has 0 aromatic heterocycles. The number of anilines is 1. The van der Waals surface area contributed by atoms with Crippen molar-refractivity contribution in [1.29, 1.82) is 0 Å². The van der Waals surface area contributed by atoms with Gasteiger partial charge >= 0.3 is 0 Å². The summed E-state index contributed by atoms with van der Waals surface area (Å²) in [6.45, 7) is 5.11. The number of para-hydroxylation sites is 1. The summed E-state index contributed by atoms with van der Waals surface area (Å²) in [5.74, 6) is 0.661. The molecule has 0 bridgehead atoms. The first-order valence-corrected chi connectivity index (χ1v) is 5.83. The molecule has 1 fully saturated rings. The highest BCUT2D eigenvalue weighted by Crippen LogP contribution is 2.51. The summed E-state index contributed by atoms with van der Waals surface area (Å²) in [6, 6.07) is 8.76. The van der Waals surface area contributed by atoms with E-state index in [1.54, 1.807) is 0 Å². The fourth-order valence-corrected chi connectivity index (χ4v) is 3.42. The van der Waals surface area contributed by atoms with Gasteiger partial charge in [0.05, 0.1) is 0 Å². The van der Waals surface area contributed by atoms with Crippen molar-refractivity contribution in [2.24, 2.45) is 5.92 Å². The predicted molar refractivity (Wildman–Crippen MR) is 64.1 cm³/mol. The van der Waals surface area contributed by atoms with E-state index in [1.807, 2.05) is 0 Å². The summed E-state index contributed by atoms with van der Waals surface area (Å²) >= 11 is 0. The number of benzene rings is 1. The van der Waals surface area contributed by atoms with Gasteiger partial charge in [-0.25, -0.2) is 0 Å².